The van der Waals surface area contributed by atoms with Gasteiger partial charge in [0, 0.05) is 44.6 Å². The first-order chi connectivity index (χ1) is 12.8. The summed E-state index contributed by atoms with van der Waals surface area (Å²) in [6.07, 6.45) is 0. The van der Waals surface area contributed by atoms with E-state index in [1.807, 2.05) is 31.5 Å². The third-order valence-electron chi connectivity index (χ3n) is 5.25. The molecule has 0 saturated carbocycles. The van der Waals surface area contributed by atoms with Crippen LogP contribution in [0.25, 0.3) is 0 Å². The maximum Gasteiger partial charge on any atom is 0.257 e. The number of halogens is 1. The highest BCUT2D eigenvalue weighted by Crippen LogP contribution is 2.22. The van der Waals surface area contributed by atoms with Gasteiger partial charge in [-0.3, -0.25) is 9.59 Å². The highest BCUT2D eigenvalue weighted by molar-refractivity contribution is 5.98. The molecule has 1 aromatic heterocycles. The van der Waals surface area contributed by atoms with Gasteiger partial charge in [-0.25, -0.2) is 4.39 Å². The van der Waals surface area contributed by atoms with Crippen LogP contribution in [0, 0.1) is 19.7 Å². The summed E-state index contributed by atoms with van der Waals surface area (Å²) in [5.74, 6) is -0.449. The van der Waals surface area contributed by atoms with E-state index in [4.69, 9.17) is 4.74 Å². The van der Waals surface area contributed by atoms with Gasteiger partial charge in [-0.15, -0.1) is 0 Å². The van der Waals surface area contributed by atoms with Gasteiger partial charge in [0.2, 0.25) is 0 Å². The first kappa shape index (κ1) is 18.9. The molecule has 1 fully saturated rings. The average Bonchev–Trinajstić information content (AvgIpc) is 2.94. The van der Waals surface area contributed by atoms with Crippen molar-refractivity contribution in [2.75, 3.05) is 33.3 Å². The van der Waals surface area contributed by atoms with Crippen LogP contribution >= 0.6 is 0 Å². The quantitative estimate of drug-likeness (QED) is 0.830. The lowest BCUT2D eigenvalue weighted by Gasteiger charge is -2.35. The van der Waals surface area contributed by atoms with Crippen LogP contribution in [-0.2, 0) is 7.05 Å². The molecule has 144 valence electrons. The number of ether oxygens (including phenoxy) is 1. The van der Waals surface area contributed by atoms with E-state index in [2.05, 4.69) is 0 Å². The number of benzene rings is 1. The number of hydrogen-bond acceptors (Lipinski definition) is 3. The minimum absolute atomic E-state index is 0.0216. The third kappa shape index (κ3) is 3.54. The summed E-state index contributed by atoms with van der Waals surface area (Å²) in [5, 5.41) is 0. The number of carbonyl (C=O) groups is 2. The molecule has 0 bridgehead atoms. The van der Waals surface area contributed by atoms with Gasteiger partial charge >= 0.3 is 0 Å². The lowest BCUT2D eigenvalue weighted by molar-refractivity contribution is 0.0533. The fraction of sp³-hybridized carbons (Fsp3) is 0.400. The minimum atomic E-state index is -0.483. The smallest absolute Gasteiger partial charge is 0.257 e. The van der Waals surface area contributed by atoms with Crippen molar-refractivity contribution < 1.29 is 18.7 Å². The molecule has 1 aliphatic heterocycles. The molecule has 0 atom stereocenters. The molecule has 1 aromatic carbocycles. The van der Waals surface area contributed by atoms with Gasteiger partial charge in [0.15, 0.2) is 0 Å². The van der Waals surface area contributed by atoms with Crippen molar-refractivity contribution in [3.05, 3.63) is 52.6 Å². The van der Waals surface area contributed by atoms with Gasteiger partial charge < -0.3 is 19.1 Å². The minimum Gasteiger partial charge on any atom is -0.496 e. The van der Waals surface area contributed by atoms with E-state index in [1.54, 1.807) is 9.80 Å². The number of methoxy groups -OCH3 is 1. The van der Waals surface area contributed by atoms with E-state index in [0.29, 0.717) is 37.5 Å². The topological polar surface area (TPSA) is 54.8 Å². The van der Waals surface area contributed by atoms with Gasteiger partial charge in [-0.1, -0.05) is 0 Å². The molecule has 2 amide bonds. The number of carbonyl (C=O) groups excluding carboxylic acids is 2. The van der Waals surface area contributed by atoms with Gasteiger partial charge in [-0.2, -0.15) is 0 Å². The van der Waals surface area contributed by atoms with Gasteiger partial charge in [0.25, 0.3) is 11.8 Å². The van der Waals surface area contributed by atoms with Gasteiger partial charge in [0.1, 0.15) is 11.6 Å². The summed E-state index contributed by atoms with van der Waals surface area (Å²) in [4.78, 5) is 29.0. The summed E-state index contributed by atoms with van der Waals surface area (Å²) in [7, 11) is 3.38. The highest BCUT2D eigenvalue weighted by Gasteiger charge is 2.28. The number of aromatic nitrogens is 1. The Labute approximate surface area is 158 Å². The van der Waals surface area contributed by atoms with E-state index in [0.717, 1.165) is 11.4 Å². The SMILES string of the molecule is COc1ccc(F)cc1C(=O)N1CCN(C(=O)c2cc(C)n(C)c2C)CC1. The number of nitrogens with zero attached hydrogens (tertiary/aromatic N) is 3. The highest BCUT2D eigenvalue weighted by atomic mass is 19.1. The monoisotopic (exact) mass is 373 g/mol. The van der Waals surface area contributed by atoms with Crippen molar-refractivity contribution in [3.63, 3.8) is 0 Å². The zero-order chi connectivity index (χ0) is 19.7. The van der Waals surface area contributed by atoms with E-state index in [9.17, 15) is 14.0 Å². The molecule has 0 N–H and O–H groups in total. The Morgan fingerprint density at radius 3 is 2.00 bits per heavy atom. The Kier molecular flexibility index (Phi) is 5.21. The number of aryl methyl sites for hydroxylation is 1. The van der Waals surface area contributed by atoms with Crippen molar-refractivity contribution in [1.82, 2.24) is 14.4 Å². The van der Waals surface area contributed by atoms with E-state index in [1.165, 1.54) is 25.3 Å². The number of rotatable bonds is 3. The van der Waals surface area contributed by atoms with Crippen LogP contribution in [0.5, 0.6) is 5.75 Å². The molecule has 3 rings (SSSR count). The van der Waals surface area contributed by atoms with Crippen molar-refractivity contribution in [2.24, 2.45) is 7.05 Å². The maximum atomic E-state index is 13.6. The second-order valence-electron chi connectivity index (χ2n) is 6.77. The molecular formula is C20H24FN3O3. The molecule has 2 aromatic rings. The van der Waals surface area contributed by atoms with Gasteiger partial charge in [-0.05, 0) is 38.1 Å². The molecule has 0 radical (unpaired) electrons. The van der Waals surface area contributed by atoms with E-state index >= 15 is 0 Å². The maximum absolute atomic E-state index is 13.6. The van der Waals surface area contributed by atoms with Crippen LogP contribution in [-0.4, -0.2) is 59.5 Å². The van der Waals surface area contributed by atoms with Crippen LogP contribution < -0.4 is 4.74 Å². The molecule has 27 heavy (non-hydrogen) atoms. The van der Waals surface area contributed by atoms with Crippen LogP contribution in [0.15, 0.2) is 24.3 Å². The molecule has 1 aliphatic rings. The number of piperazine rings is 1. The molecule has 6 nitrogen and oxygen atoms in total. The molecule has 2 heterocycles. The van der Waals surface area contributed by atoms with Crippen molar-refractivity contribution in [3.8, 4) is 5.75 Å². The second-order valence-corrected chi connectivity index (χ2v) is 6.77. The fourth-order valence-electron chi connectivity index (χ4n) is 3.37. The zero-order valence-electron chi connectivity index (χ0n) is 16.1. The molecule has 7 heteroatoms. The summed E-state index contributed by atoms with van der Waals surface area (Å²) in [5.41, 5.74) is 2.86. The Hall–Kier alpha value is -2.83. The molecular weight excluding hydrogens is 349 g/mol. The first-order valence-corrected chi connectivity index (χ1v) is 8.88. The summed E-state index contributed by atoms with van der Waals surface area (Å²) >= 11 is 0. The van der Waals surface area contributed by atoms with Gasteiger partial charge in [0.05, 0.1) is 18.2 Å². The Morgan fingerprint density at radius 2 is 1.52 bits per heavy atom. The summed E-state index contributed by atoms with van der Waals surface area (Å²) in [6.45, 7) is 5.57. The molecule has 1 saturated heterocycles. The summed E-state index contributed by atoms with van der Waals surface area (Å²) in [6, 6.07) is 5.79. The third-order valence-corrected chi connectivity index (χ3v) is 5.25. The lowest BCUT2D eigenvalue weighted by atomic mass is 10.1. The Bertz CT molecular complexity index is 883. The molecule has 0 unspecified atom stereocenters. The van der Waals surface area contributed by atoms with Crippen LogP contribution in [0.4, 0.5) is 4.39 Å². The van der Waals surface area contributed by atoms with E-state index < -0.39 is 5.82 Å². The fourth-order valence-corrected chi connectivity index (χ4v) is 3.37. The zero-order valence-corrected chi connectivity index (χ0v) is 16.1. The van der Waals surface area contributed by atoms with Crippen LogP contribution in [0.2, 0.25) is 0 Å². The van der Waals surface area contributed by atoms with Crippen LogP contribution in [0.3, 0.4) is 0 Å². The molecule has 0 aliphatic carbocycles. The van der Waals surface area contributed by atoms with E-state index in [-0.39, 0.29) is 17.4 Å². The standard InChI is InChI=1S/C20H24FN3O3/c1-13-11-16(14(2)22(13)3)19(25)23-7-9-24(10-8-23)20(26)17-12-15(21)5-6-18(17)27-4/h5-6,11-12H,7-10H2,1-4H3. The Morgan fingerprint density at radius 1 is 0.963 bits per heavy atom. The van der Waals surface area contributed by atoms with Crippen molar-refractivity contribution in [1.29, 1.82) is 0 Å². The predicted molar refractivity (Wildman–Crippen MR) is 99.6 cm³/mol. The Balaban J connectivity index is 1.70. The van der Waals surface area contributed by atoms with Crippen LogP contribution in [0.1, 0.15) is 32.1 Å². The average molecular weight is 373 g/mol. The first-order valence-electron chi connectivity index (χ1n) is 8.88. The summed E-state index contributed by atoms with van der Waals surface area (Å²) < 4.78 is 20.7. The normalized spacial score (nSPS) is 14.4. The van der Waals surface area contributed by atoms with Crippen molar-refractivity contribution in [2.45, 2.75) is 13.8 Å². The second kappa shape index (κ2) is 7.42. The predicted octanol–water partition coefficient (Wildman–Crippen LogP) is 2.39. The number of hydrogen-bond donors (Lipinski definition) is 0. The largest absolute Gasteiger partial charge is 0.496 e. The molecule has 0 spiro atoms. The number of amides is 2. The van der Waals surface area contributed by atoms with Crippen molar-refractivity contribution >= 4 is 11.8 Å². The lowest BCUT2D eigenvalue weighted by Crippen LogP contribution is -2.50.